The van der Waals surface area contributed by atoms with Crippen molar-refractivity contribution in [3.8, 4) is 11.4 Å². The maximum Gasteiger partial charge on any atom is 0.326 e. The molecule has 0 spiro atoms. The topological polar surface area (TPSA) is 233 Å². The monoisotopic (exact) mass is 474 g/mol. The van der Waals surface area contributed by atoms with E-state index in [4.69, 9.17) is 20.4 Å². The number of nitrogens with zero attached hydrogens (tertiary/aromatic N) is 2. The maximum atomic E-state index is 12.4. The third-order valence-electron chi connectivity index (χ3n) is 4.27. The van der Waals surface area contributed by atoms with Gasteiger partial charge in [0.15, 0.2) is 0 Å². The predicted octanol–water partition coefficient (Wildman–Crippen LogP) is -0.541. The van der Waals surface area contributed by atoms with Gasteiger partial charge < -0.3 is 31.1 Å². The highest BCUT2D eigenvalue weighted by atomic mass is 16.4. The molecule has 178 valence electrons. The Labute approximate surface area is 190 Å². The Hall–Kier alpha value is -4.88. The molecular formula is C20H18N4O10. The number of carboxylic acids is 4. The van der Waals surface area contributed by atoms with E-state index in [0.29, 0.717) is 0 Å². The van der Waals surface area contributed by atoms with Gasteiger partial charge in [-0.1, -0.05) is 0 Å². The summed E-state index contributed by atoms with van der Waals surface area (Å²) >= 11 is 0. The van der Waals surface area contributed by atoms with E-state index in [1.807, 2.05) is 0 Å². The highest BCUT2D eigenvalue weighted by Crippen LogP contribution is 2.17. The fourth-order valence-electron chi connectivity index (χ4n) is 2.66. The number of rotatable bonds is 11. The molecule has 0 saturated carbocycles. The van der Waals surface area contributed by atoms with Crippen LogP contribution < -0.4 is 10.6 Å². The van der Waals surface area contributed by atoms with Crippen molar-refractivity contribution in [3.05, 3.63) is 47.8 Å². The Morgan fingerprint density at radius 2 is 1.03 bits per heavy atom. The van der Waals surface area contributed by atoms with Crippen molar-refractivity contribution in [1.29, 1.82) is 0 Å². The first kappa shape index (κ1) is 25.4. The summed E-state index contributed by atoms with van der Waals surface area (Å²) < 4.78 is 0. The van der Waals surface area contributed by atoms with Gasteiger partial charge in [-0.2, -0.15) is 0 Å². The average Bonchev–Trinajstić information content (AvgIpc) is 2.77. The van der Waals surface area contributed by atoms with Crippen molar-refractivity contribution >= 4 is 35.7 Å². The van der Waals surface area contributed by atoms with E-state index in [9.17, 15) is 28.8 Å². The number of carbonyl (C=O) groups excluding carboxylic acids is 2. The van der Waals surface area contributed by atoms with Crippen molar-refractivity contribution in [3.63, 3.8) is 0 Å². The van der Waals surface area contributed by atoms with Crippen LogP contribution in [0.3, 0.4) is 0 Å². The van der Waals surface area contributed by atoms with E-state index in [1.54, 1.807) is 0 Å². The molecular weight excluding hydrogens is 456 g/mol. The fraction of sp³-hybridized carbons (Fsp3) is 0.200. The van der Waals surface area contributed by atoms with Gasteiger partial charge >= 0.3 is 23.9 Å². The molecule has 2 amide bonds. The van der Waals surface area contributed by atoms with E-state index in [0.717, 1.165) is 0 Å². The standard InChI is InChI=1S/C20H18N4O10/c25-15(26)7-13(19(31)32)23-17(29)9-1-3-21-11(5-9)12-6-10(2-4-22-12)18(30)24-14(20(33)34)8-16(27)28/h1-6,13-14H,7-8H2,(H,23,29)(H,24,30)(H,25,26)(H,27,28)(H,31,32)(H,33,34). The Balaban J connectivity index is 2.24. The van der Waals surface area contributed by atoms with Gasteiger partial charge in [0.2, 0.25) is 0 Å². The van der Waals surface area contributed by atoms with Crippen LogP contribution in [-0.2, 0) is 19.2 Å². The normalized spacial score (nSPS) is 12.1. The van der Waals surface area contributed by atoms with Gasteiger partial charge in [0.05, 0.1) is 24.2 Å². The van der Waals surface area contributed by atoms with Gasteiger partial charge in [-0.3, -0.25) is 29.1 Å². The zero-order valence-corrected chi connectivity index (χ0v) is 17.2. The highest BCUT2D eigenvalue weighted by molar-refractivity contribution is 5.99. The largest absolute Gasteiger partial charge is 0.481 e. The lowest BCUT2D eigenvalue weighted by atomic mass is 10.1. The fourth-order valence-corrected chi connectivity index (χ4v) is 2.66. The smallest absolute Gasteiger partial charge is 0.326 e. The van der Waals surface area contributed by atoms with Crippen molar-refractivity contribution in [2.75, 3.05) is 0 Å². The molecule has 6 N–H and O–H groups in total. The second-order valence-electron chi connectivity index (χ2n) is 6.78. The van der Waals surface area contributed by atoms with Crippen molar-refractivity contribution in [2.24, 2.45) is 0 Å². The van der Waals surface area contributed by atoms with Gasteiger partial charge in [-0.15, -0.1) is 0 Å². The first-order chi connectivity index (χ1) is 16.0. The van der Waals surface area contributed by atoms with Crippen molar-refractivity contribution in [2.45, 2.75) is 24.9 Å². The minimum absolute atomic E-state index is 0.0642. The third kappa shape index (κ3) is 7.08. The van der Waals surface area contributed by atoms with Crippen LogP contribution in [0.5, 0.6) is 0 Å². The van der Waals surface area contributed by atoms with Crippen LogP contribution in [0.15, 0.2) is 36.7 Å². The highest BCUT2D eigenvalue weighted by Gasteiger charge is 2.25. The van der Waals surface area contributed by atoms with E-state index in [2.05, 4.69) is 20.6 Å². The van der Waals surface area contributed by atoms with E-state index < -0.39 is 60.6 Å². The van der Waals surface area contributed by atoms with Crippen LogP contribution in [0, 0.1) is 0 Å². The zero-order valence-electron chi connectivity index (χ0n) is 17.2. The van der Waals surface area contributed by atoms with E-state index in [-0.39, 0.29) is 22.5 Å². The summed E-state index contributed by atoms with van der Waals surface area (Å²) in [6.45, 7) is 0. The molecule has 2 aromatic heterocycles. The predicted molar refractivity (Wildman–Crippen MR) is 110 cm³/mol. The number of hydrogen-bond donors (Lipinski definition) is 6. The summed E-state index contributed by atoms with van der Waals surface area (Å²) in [4.78, 5) is 76.7. The summed E-state index contributed by atoms with van der Waals surface area (Å²) in [6.07, 6.45) is 0.742. The number of carbonyl (C=O) groups is 6. The molecule has 0 aliphatic heterocycles. The Morgan fingerprint density at radius 3 is 1.32 bits per heavy atom. The number of aromatic nitrogens is 2. The molecule has 0 aromatic carbocycles. The molecule has 2 rings (SSSR count). The lowest BCUT2D eigenvalue weighted by molar-refractivity contribution is -0.145. The van der Waals surface area contributed by atoms with Gasteiger partial charge in [0.1, 0.15) is 12.1 Å². The SMILES string of the molecule is O=C(O)CC(NC(=O)c1ccnc(-c2cc(C(=O)NC(CC(=O)O)C(=O)O)ccn2)c1)C(=O)O. The molecule has 2 atom stereocenters. The molecule has 0 fully saturated rings. The average molecular weight is 474 g/mol. The van der Waals surface area contributed by atoms with Gasteiger partial charge in [-0.25, -0.2) is 9.59 Å². The van der Waals surface area contributed by atoms with Crippen molar-refractivity contribution < 1.29 is 49.2 Å². The molecule has 0 saturated heterocycles. The second kappa shape index (κ2) is 11.1. The first-order valence-electron chi connectivity index (χ1n) is 9.41. The Morgan fingerprint density at radius 1 is 0.676 bits per heavy atom. The molecule has 2 unspecified atom stereocenters. The maximum absolute atomic E-state index is 12.4. The van der Waals surface area contributed by atoms with Crippen LogP contribution >= 0.6 is 0 Å². The van der Waals surface area contributed by atoms with Crippen LogP contribution in [0.2, 0.25) is 0 Å². The summed E-state index contributed by atoms with van der Waals surface area (Å²) in [5, 5.41) is 39.9. The number of pyridine rings is 2. The Bertz CT molecular complexity index is 1060. The van der Waals surface area contributed by atoms with E-state index >= 15 is 0 Å². The summed E-state index contributed by atoms with van der Waals surface area (Å²) in [6, 6.07) is 1.61. The van der Waals surface area contributed by atoms with Gasteiger partial charge in [0, 0.05) is 23.5 Å². The molecule has 14 heteroatoms. The van der Waals surface area contributed by atoms with Gasteiger partial charge in [-0.05, 0) is 24.3 Å². The lowest BCUT2D eigenvalue weighted by Crippen LogP contribution is -2.42. The molecule has 0 aliphatic carbocycles. The summed E-state index contributed by atoms with van der Waals surface area (Å²) in [5.74, 6) is -7.68. The van der Waals surface area contributed by atoms with Crippen LogP contribution in [-0.4, -0.2) is 78.2 Å². The first-order valence-corrected chi connectivity index (χ1v) is 9.41. The quantitative estimate of drug-likeness (QED) is 0.241. The minimum atomic E-state index is -1.67. The number of nitrogens with one attached hydrogen (secondary N) is 2. The zero-order chi connectivity index (χ0) is 25.4. The summed E-state index contributed by atoms with van der Waals surface area (Å²) in [7, 11) is 0. The Kier molecular flexibility index (Phi) is 8.30. The van der Waals surface area contributed by atoms with Crippen LogP contribution in [0.25, 0.3) is 11.4 Å². The van der Waals surface area contributed by atoms with Crippen LogP contribution in [0.4, 0.5) is 0 Å². The molecule has 0 bridgehead atoms. The number of aliphatic carboxylic acids is 4. The van der Waals surface area contributed by atoms with Gasteiger partial charge in [0.25, 0.3) is 11.8 Å². The number of carboxylic acid groups (broad SMARTS) is 4. The second-order valence-corrected chi connectivity index (χ2v) is 6.78. The molecule has 0 radical (unpaired) electrons. The van der Waals surface area contributed by atoms with E-state index in [1.165, 1.54) is 36.7 Å². The summed E-state index contributed by atoms with van der Waals surface area (Å²) in [5.41, 5.74) is 0.0526. The van der Waals surface area contributed by atoms with Crippen LogP contribution in [0.1, 0.15) is 33.6 Å². The van der Waals surface area contributed by atoms with Crippen molar-refractivity contribution in [1.82, 2.24) is 20.6 Å². The molecule has 2 heterocycles. The molecule has 2 aromatic rings. The third-order valence-corrected chi connectivity index (χ3v) is 4.27. The number of hydrogen-bond acceptors (Lipinski definition) is 8. The molecule has 34 heavy (non-hydrogen) atoms. The molecule has 0 aliphatic rings. The molecule has 14 nitrogen and oxygen atoms in total. The minimum Gasteiger partial charge on any atom is -0.481 e. The number of amides is 2. The lowest BCUT2D eigenvalue weighted by Gasteiger charge is -2.13.